The predicted octanol–water partition coefficient (Wildman–Crippen LogP) is 1.60. The highest BCUT2D eigenvalue weighted by atomic mass is 16.4. The van der Waals surface area contributed by atoms with Crippen LogP contribution in [0, 0.1) is 0 Å². The molecule has 0 fully saturated rings. The molecule has 1 aromatic heterocycles. The second kappa shape index (κ2) is 4.18. The Labute approximate surface area is 104 Å². The summed E-state index contributed by atoms with van der Waals surface area (Å²) in [5.41, 5.74) is 1.35. The van der Waals surface area contributed by atoms with Crippen molar-refractivity contribution in [1.82, 2.24) is 9.55 Å². The maximum atomic E-state index is 10.8. The van der Waals surface area contributed by atoms with E-state index in [9.17, 15) is 4.79 Å². The summed E-state index contributed by atoms with van der Waals surface area (Å²) in [4.78, 5) is 17.3. The Balaban J connectivity index is 1.82. The first-order valence-electron chi connectivity index (χ1n) is 5.82. The van der Waals surface area contributed by atoms with Crippen molar-refractivity contribution in [2.75, 3.05) is 11.4 Å². The SMILES string of the molecule is O=C(O)c1ccc(N2CCn3ccnc3C2)cc1. The van der Waals surface area contributed by atoms with E-state index in [2.05, 4.69) is 14.5 Å². The van der Waals surface area contributed by atoms with Crippen LogP contribution in [0.15, 0.2) is 36.7 Å². The molecule has 0 atom stereocenters. The molecule has 0 amide bonds. The average molecular weight is 243 g/mol. The number of anilines is 1. The van der Waals surface area contributed by atoms with Gasteiger partial charge in [0.2, 0.25) is 0 Å². The zero-order chi connectivity index (χ0) is 12.5. The van der Waals surface area contributed by atoms with Crippen molar-refractivity contribution in [1.29, 1.82) is 0 Å². The Morgan fingerprint density at radius 2 is 2.00 bits per heavy atom. The topological polar surface area (TPSA) is 58.4 Å². The van der Waals surface area contributed by atoms with Crippen molar-refractivity contribution < 1.29 is 9.90 Å². The molecule has 2 heterocycles. The van der Waals surface area contributed by atoms with Gasteiger partial charge in [-0.15, -0.1) is 0 Å². The van der Waals surface area contributed by atoms with Gasteiger partial charge in [0, 0.05) is 31.2 Å². The molecular formula is C13H13N3O2. The van der Waals surface area contributed by atoms with Gasteiger partial charge in [0.25, 0.3) is 0 Å². The largest absolute Gasteiger partial charge is 0.478 e. The molecule has 0 saturated heterocycles. The number of imidazole rings is 1. The van der Waals surface area contributed by atoms with Crippen LogP contribution in [0.3, 0.4) is 0 Å². The van der Waals surface area contributed by atoms with Crippen LogP contribution >= 0.6 is 0 Å². The molecule has 1 aliphatic rings. The first kappa shape index (κ1) is 10.8. The van der Waals surface area contributed by atoms with Gasteiger partial charge in [0.15, 0.2) is 0 Å². The van der Waals surface area contributed by atoms with Crippen LogP contribution in [0.2, 0.25) is 0 Å². The number of carbonyl (C=O) groups is 1. The van der Waals surface area contributed by atoms with Crippen LogP contribution in [-0.2, 0) is 13.1 Å². The Hall–Kier alpha value is -2.30. The third kappa shape index (κ3) is 1.84. The highest BCUT2D eigenvalue weighted by molar-refractivity contribution is 5.88. The van der Waals surface area contributed by atoms with Crippen LogP contribution in [-0.4, -0.2) is 27.2 Å². The molecule has 0 radical (unpaired) electrons. The van der Waals surface area contributed by atoms with E-state index in [4.69, 9.17) is 5.11 Å². The van der Waals surface area contributed by atoms with Gasteiger partial charge in [-0.3, -0.25) is 0 Å². The molecule has 0 saturated carbocycles. The van der Waals surface area contributed by atoms with Gasteiger partial charge in [-0.05, 0) is 24.3 Å². The van der Waals surface area contributed by atoms with E-state index in [0.29, 0.717) is 5.56 Å². The number of fused-ring (bicyclic) bond motifs is 1. The Morgan fingerprint density at radius 1 is 1.22 bits per heavy atom. The number of aromatic carboxylic acids is 1. The maximum absolute atomic E-state index is 10.8. The monoisotopic (exact) mass is 243 g/mol. The first-order valence-corrected chi connectivity index (χ1v) is 5.82. The minimum atomic E-state index is -0.893. The van der Waals surface area contributed by atoms with Gasteiger partial charge < -0.3 is 14.6 Å². The van der Waals surface area contributed by atoms with E-state index in [0.717, 1.165) is 31.1 Å². The van der Waals surface area contributed by atoms with Gasteiger partial charge in [-0.25, -0.2) is 9.78 Å². The lowest BCUT2D eigenvalue weighted by Crippen LogP contribution is -2.33. The summed E-state index contributed by atoms with van der Waals surface area (Å²) in [5.74, 6) is 0.152. The van der Waals surface area contributed by atoms with Crippen LogP contribution in [0.25, 0.3) is 0 Å². The second-order valence-corrected chi connectivity index (χ2v) is 4.31. The molecule has 0 aliphatic carbocycles. The fraction of sp³-hybridized carbons (Fsp3) is 0.231. The van der Waals surface area contributed by atoms with Crippen molar-refractivity contribution >= 4 is 11.7 Å². The molecule has 18 heavy (non-hydrogen) atoms. The fourth-order valence-corrected chi connectivity index (χ4v) is 2.21. The Kier molecular flexibility index (Phi) is 2.51. The van der Waals surface area contributed by atoms with Crippen molar-refractivity contribution in [3.8, 4) is 0 Å². The molecule has 92 valence electrons. The van der Waals surface area contributed by atoms with Crippen molar-refractivity contribution in [2.24, 2.45) is 0 Å². The third-order valence-electron chi connectivity index (χ3n) is 3.22. The van der Waals surface area contributed by atoms with Gasteiger partial charge in [0.05, 0.1) is 12.1 Å². The standard InChI is InChI=1S/C13H13N3O2/c17-13(18)10-1-3-11(4-2-10)16-8-7-15-6-5-14-12(15)9-16/h1-6H,7-9H2,(H,17,18). The van der Waals surface area contributed by atoms with Gasteiger partial charge in [0.1, 0.15) is 5.82 Å². The summed E-state index contributed by atoms with van der Waals surface area (Å²) in [6, 6.07) is 6.97. The molecule has 1 aromatic carbocycles. The molecular weight excluding hydrogens is 230 g/mol. The van der Waals surface area contributed by atoms with Crippen LogP contribution in [0.5, 0.6) is 0 Å². The Morgan fingerprint density at radius 3 is 2.72 bits per heavy atom. The summed E-state index contributed by atoms with van der Waals surface area (Å²) in [6.45, 7) is 2.59. The minimum Gasteiger partial charge on any atom is -0.478 e. The van der Waals surface area contributed by atoms with Crippen LogP contribution in [0.1, 0.15) is 16.2 Å². The number of hydrogen-bond acceptors (Lipinski definition) is 3. The molecule has 1 aliphatic heterocycles. The Bertz CT molecular complexity index is 574. The fourth-order valence-electron chi connectivity index (χ4n) is 2.21. The molecule has 1 N–H and O–H groups in total. The van der Waals surface area contributed by atoms with Gasteiger partial charge >= 0.3 is 5.97 Å². The summed E-state index contributed by atoms with van der Waals surface area (Å²) in [7, 11) is 0. The average Bonchev–Trinajstić information content (AvgIpc) is 2.86. The van der Waals surface area contributed by atoms with Crippen molar-refractivity contribution in [2.45, 2.75) is 13.1 Å². The second-order valence-electron chi connectivity index (χ2n) is 4.31. The number of aromatic nitrogens is 2. The van der Waals surface area contributed by atoms with Crippen molar-refractivity contribution in [3.05, 3.63) is 48.0 Å². The lowest BCUT2D eigenvalue weighted by atomic mass is 10.2. The maximum Gasteiger partial charge on any atom is 0.335 e. The zero-order valence-electron chi connectivity index (χ0n) is 9.78. The smallest absolute Gasteiger partial charge is 0.335 e. The summed E-state index contributed by atoms with van der Waals surface area (Å²) in [5, 5.41) is 8.86. The van der Waals surface area contributed by atoms with E-state index in [1.165, 1.54) is 0 Å². The van der Waals surface area contributed by atoms with Crippen LogP contribution < -0.4 is 4.90 Å². The van der Waals surface area contributed by atoms with E-state index in [1.54, 1.807) is 12.1 Å². The minimum absolute atomic E-state index is 0.317. The third-order valence-corrected chi connectivity index (χ3v) is 3.22. The number of hydrogen-bond donors (Lipinski definition) is 1. The number of rotatable bonds is 2. The zero-order valence-corrected chi connectivity index (χ0v) is 9.78. The number of carboxylic acid groups (broad SMARTS) is 1. The molecule has 0 spiro atoms. The highest BCUT2D eigenvalue weighted by Crippen LogP contribution is 2.20. The summed E-state index contributed by atoms with van der Waals surface area (Å²) in [6.07, 6.45) is 3.80. The molecule has 5 heteroatoms. The highest BCUT2D eigenvalue weighted by Gasteiger charge is 2.16. The lowest BCUT2D eigenvalue weighted by Gasteiger charge is -2.29. The normalized spacial score (nSPS) is 14.3. The number of benzene rings is 1. The van der Waals surface area contributed by atoms with Gasteiger partial charge in [-0.2, -0.15) is 0 Å². The predicted molar refractivity (Wildman–Crippen MR) is 66.7 cm³/mol. The summed E-state index contributed by atoms with van der Waals surface area (Å²) < 4.78 is 2.14. The first-order chi connectivity index (χ1) is 8.74. The number of carboxylic acids is 1. The van der Waals surface area contributed by atoms with E-state index < -0.39 is 5.97 Å². The van der Waals surface area contributed by atoms with E-state index in [1.807, 2.05) is 24.5 Å². The molecule has 0 bridgehead atoms. The number of nitrogens with zero attached hydrogens (tertiary/aromatic N) is 3. The quantitative estimate of drug-likeness (QED) is 0.870. The van der Waals surface area contributed by atoms with Crippen molar-refractivity contribution in [3.63, 3.8) is 0 Å². The molecule has 3 rings (SSSR count). The molecule has 5 nitrogen and oxygen atoms in total. The van der Waals surface area contributed by atoms with E-state index in [-0.39, 0.29) is 0 Å². The molecule has 0 unspecified atom stereocenters. The molecule has 2 aromatic rings. The lowest BCUT2D eigenvalue weighted by molar-refractivity contribution is 0.0697. The van der Waals surface area contributed by atoms with Gasteiger partial charge in [-0.1, -0.05) is 0 Å². The van der Waals surface area contributed by atoms with E-state index >= 15 is 0 Å². The summed E-state index contributed by atoms with van der Waals surface area (Å²) >= 11 is 0. The van der Waals surface area contributed by atoms with Crippen LogP contribution in [0.4, 0.5) is 5.69 Å².